The second kappa shape index (κ2) is 7.03. The zero-order chi connectivity index (χ0) is 18.0. The molecule has 0 aliphatic heterocycles. The maximum Gasteiger partial charge on any atom is 0.340 e. The van der Waals surface area contributed by atoms with Gasteiger partial charge >= 0.3 is 5.97 Å². The summed E-state index contributed by atoms with van der Waals surface area (Å²) in [6, 6.07) is 14.3. The van der Waals surface area contributed by atoms with Gasteiger partial charge in [0.05, 0.1) is 21.8 Å². The Morgan fingerprint density at radius 2 is 1.72 bits per heavy atom. The van der Waals surface area contributed by atoms with E-state index in [1.54, 1.807) is 31.2 Å². The molecule has 2 aromatic carbocycles. The number of ether oxygens (including phenoxy) is 1. The van der Waals surface area contributed by atoms with Gasteiger partial charge in [0.2, 0.25) is 5.78 Å². The van der Waals surface area contributed by atoms with Crippen LogP contribution >= 0.6 is 11.6 Å². The Labute approximate surface area is 150 Å². The van der Waals surface area contributed by atoms with Crippen molar-refractivity contribution in [1.82, 2.24) is 4.98 Å². The Morgan fingerprint density at radius 3 is 2.48 bits per heavy atom. The molecule has 0 aliphatic carbocycles. The fraction of sp³-hybridized carbons (Fsp3) is 0.150. The molecule has 0 atom stereocenters. The van der Waals surface area contributed by atoms with Crippen molar-refractivity contribution in [2.24, 2.45) is 0 Å². The zero-order valence-electron chi connectivity index (χ0n) is 13.9. The van der Waals surface area contributed by atoms with Crippen molar-refractivity contribution in [1.29, 1.82) is 0 Å². The molecule has 0 saturated carbocycles. The highest BCUT2D eigenvalue weighted by Crippen LogP contribution is 2.23. The number of rotatable bonds is 4. The lowest BCUT2D eigenvalue weighted by atomic mass is 10.0. The fourth-order valence-electron chi connectivity index (χ4n) is 2.80. The molecule has 0 bridgehead atoms. The van der Waals surface area contributed by atoms with Crippen molar-refractivity contribution in [2.75, 3.05) is 6.61 Å². The van der Waals surface area contributed by atoms with Gasteiger partial charge in [-0.2, -0.15) is 0 Å². The minimum atomic E-state index is -0.561. The van der Waals surface area contributed by atoms with Crippen molar-refractivity contribution in [3.05, 3.63) is 75.9 Å². The molecule has 1 aromatic heterocycles. The molecule has 0 saturated heterocycles. The standard InChI is InChI=1S/C20H16ClNO3/c1-12-14-7-4-6-10-17(14)22-13(2)19(12)20(24)25-11-18(23)15-8-3-5-9-16(15)21/h3-10H,11H2,1-2H3. The van der Waals surface area contributed by atoms with Crippen LogP contribution in [0.1, 0.15) is 32.0 Å². The van der Waals surface area contributed by atoms with Crippen LogP contribution in [0.4, 0.5) is 0 Å². The molecular weight excluding hydrogens is 338 g/mol. The lowest BCUT2D eigenvalue weighted by molar-refractivity contribution is 0.0473. The third-order valence-corrected chi connectivity index (χ3v) is 4.38. The highest BCUT2D eigenvalue weighted by Gasteiger charge is 2.19. The Morgan fingerprint density at radius 1 is 1.04 bits per heavy atom. The molecule has 0 unspecified atom stereocenters. The van der Waals surface area contributed by atoms with Gasteiger partial charge in [0.15, 0.2) is 6.61 Å². The quantitative estimate of drug-likeness (QED) is 0.510. The number of pyridine rings is 1. The van der Waals surface area contributed by atoms with Gasteiger partial charge in [-0.05, 0) is 37.6 Å². The van der Waals surface area contributed by atoms with Gasteiger partial charge in [-0.15, -0.1) is 0 Å². The van der Waals surface area contributed by atoms with Gasteiger partial charge in [-0.25, -0.2) is 4.79 Å². The predicted molar refractivity (Wildman–Crippen MR) is 97.3 cm³/mol. The second-order valence-corrected chi connectivity index (χ2v) is 6.10. The summed E-state index contributed by atoms with van der Waals surface area (Å²) in [6.07, 6.45) is 0. The zero-order valence-corrected chi connectivity index (χ0v) is 14.6. The molecule has 0 radical (unpaired) electrons. The van der Waals surface area contributed by atoms with E-state index in [9.17, 15) is 9.59 Å². The van der Waals surface area contributed by atoms with E-state index in [0.717, 1.165) is 16.5 Å². The number of esters is 1. The first-order valence-corrected chi connectivity index (χ1v) is 8.17. The largest absolute Gasteiger partial charge is 0.454 e. The summed E-state index contributed by atoms with van der Waals surface area (Å²) >= 11 is 6.00. The molecular formula is C20H16ClNO3. The summed E-state index contributed by atoms with van der Waals surface area (Å²) in [4.78, 5) is 29.2. The summed E-state index contributed by atoms with van der Waals surface area (Å²) in [7, 11) is 0. The minimum Gasteiger partial charge on any atom is -0.454 e. The average molecular weight is 354 g/mol. The monoisotopic (exact) mass is 353 g/mol. The topological polar surface area (TPSA) is 56.3 Å². The molecule has 0 N–H and O–H groups in total. The summed E-state index contributed by atoms with van der Waals surface area (Å²) in [5.41, 5.74) is 2.92. The maximum absolute atomic E-state index is 12.5. The number of carbonyl (C=O) groups is 2. The number of hydrogen-bond donors (Lipinski definition) is 0. The molecule has 4 nitrogen and oxygen atoms in total. The highest BCUT2D eigenvalue weighted by atomic mass is 35.5. The number of halogens is 1. The number of para-hydroxylation sites is 1. The molecule has 5 heteroatoms. The lowest BCUT2D eigenvalue weighted by Gasteiger charge is -2.12. The van der Waals surface area contributed by atoms with E-state index in [4.69, 9.17) is 16.3 Å². The van der Waals surface area contributed by atoms with Crippen LogP contribution in [0.2, 0.25) is 5.02 Å². The van der Waals surface area contributed by atoms with Gasteiger partial charge in [-0.1, -0.05) is 41.9 Å². The molecule has 0 fully saturated rings. The predicted octanol–water partition coefficient (Wildman–Crippen LogP) is 4.54. The number of ketones is 1. The van der Waals surface area contributed by atoms with Crippen LogP contribution in [-0.4, -0.2) is 23.3 Å². The molecule has 126 valence electrons. The molecule has 0 amide bonds. The summed E-state index contributed by atoms with van der Waals surface area (Å²) in [6.45, 7) is 3.24. The maximum atomic E-state index is 12.5. The Kier molecular flexibility index (Phi) is 4.81. The van der Waals surface area contributed by atoms with Gasteiger partial charge in [0, 0.05) is 10.9 Å². The van der Waals surface area contributed by atoms with Gasteiger partial charge < -0.3 is 4.74 Å². The first-order chi connectivity index (χ1) is 12.0. The SMILES string of the molecule is Cc1nc2ccccc2c(C)c1C(=O)OCC(=O)c1ccccc1Cl. The van der Waals surface area contributed by atoms with Crippen LogP contribution in [0, 0.1) is 13.8 Å². The number of hydrogen-bond acceptors (Lipinski definition) is 4. The first kappa shape index (κ1) is 17.1. The average Bonchev–Trinajstić information content (AvgIpc) is 2.60. The van der Waals surface area contributed by atoms with Crippen molar-refractivity contribution in [2.45, 2.75) is 13.8 Å². The van der Waals surface area contributed by atoms with E-state index >= 15 is 0 Å². The number of aryl methyl sites for hydroxylation is 2. The summed E-state index contributed by atoms with van der Waals surface area (Å²) in [5, 5.41) is 1.22. The number of nitrogens with zero attached hydrogens (tertiary/aromatic N) is 1. The number of carbonyl (C=O) groups excluding carboxylic acids is 2. The van der Waals surface area contributed by atoms with E-state index in [2.05, 4.69) is 4.98 Å². The Hall–Kier alpha value is -2.72. The highest BCUT2D eigenvalue weighted by molar-refractivity contribution is 6.34. The second-order valence-electron chi connectivity index (χ2n) is 5.69. The van der Waals surface area contributed by atoms with Crippen molar-refractivity contribution in [3.63, 3.8) is 0 Å². The lowest BCUT2D eigenvalue weighted by Crippen LogP contribution is -2.17. The van der Waals surface area contributed by atoms with E-state index < -0.39 is 5.97 Å². The summed E-state index contributed by atoms with van der Waals surface area (Å²) in [5.74, 6) is -0.906. The minimum absolute atomic E-state index is 0.335. The smallest absolute Gasteiger partial charge is 0.340 e. The Bertz CT molecular complexity index is 982. The number of aromatic nitrogens is 1. The third kappa shape index (κ3) is 3.39. The molecule has 25 heavy (non-hydrogen) atoms. The van der Waals surface area contributed by atoms with Crippen LogP contribution in [0.25, 0.3) is 10.9 Å². The van der Waals surface area contributed by atoms with Crippen molar-refractivity contribution in [3.8, 4) is 0 Å². The van der Waals surface area contributed by atoms with Crippen molar-refractivity contribution >= 4 is 34.3 Å². The van der Waals surface area contributed by atoms with Gasteiger partial charge in [0.25, 0.3) is 0 Å². The molecule has 0 spiro atoms. The fourth-order valence-corrected chi connectivity index (χ4v) is 3.04. The van der Waals surface area contributed by atoms with Crippen LogP contribution in [-0.2, 0) is 4.74 Å². The molecule has 3 aromatic rings. The van der Waals surface area contributed by atoms with Crippen LogP contribution < -0.4 is 0 Å². The number of Topliss-reactive ketones (excluding diaryl/α,β-unsaturated/α-hetero) is 1. The van der Waals surface area contributed by atoms with E-state index in [1.165, 1.54) is 0 Å². The van der Waals surface area contributed by atoms with Crippen LogP contribution in [0.5, 0.6) is 0 Å². The van der Waals surface area contributed by atoms with E-state index in [1.807, 2.05) is 31.2 Å². The number of benzene rings is 2. The summed E-state index contributed by atoms with van der Waals surface area (Å²) < 4.78 is 5.22. The van der Waals surface area contributed by atoms with Crippen LogP contribution in [0.15, 0.2) is 48.5 Å². The van der Waals surface area contributed by atoms with Gasteiger partial charge in [-0.3, -0.25) is 9.78 Å². The molecule has 1 heterocycles. The first-order valence-electron chi connectivity index (χ1n) is 7.80. The number of fused-ring (bicyclic) bond motifs is 1. The van der Waals surface area contributed by atoms with Gasteiger partial charge in [0.1, 0.15) is 0 Å². The van der Waals surface area contributed by atoms with E-state index in [0.29, 0.717) is 21.8 Å². The van der Waals surface area contributed by atoms with E-state index in [-0.39, 0.29) is 12.4 Å². The molecule has 0 aliphatic rings. The third-order valence-electron chi connectivity index (χ3n) is 4.05. The van der Waals surface area contributed by atoms with Crippen molar-refractivity contribution < 1.29 is 14.3 Å². The molecule has 3 rings (SSSR count). The Balaban J connectivity index is 1.83. The van der Waals surface area contributed by atoms with Crippen LogP contribution in [0.3, 0.4) is 0 Å². The normalized spacial score (nSPS) is 10.7.